The highest BCUT2D eigenvalue weighted by atomic mass is 35.5. The normalized spacial score (nSPS) is 11.1. The first-order valence-corrected chi connectivity index (χ1v) is 5.89. The fourth-order valence-corrected chi connectivity index (χ4v) is 2.08. The molecule has 0 fully saturated rings. The molecule has 0 atom stereocenters. The number of benzene rings is 1. The highest BCUT2D eigenvalue weighted by Gasteiger charge is 2.10. The zero-order chi connectivity index (χ0) is 13.6. The average molecular weight is 277 g/mol. The molecule has 7 heteroatoms. The van der Waals surface area contributed by atoms with Crippen LogP contribution in [0.5, 0.6) is 0 Å². The summed E-state index contributed by atoms with van der Waals surface area (Å²) < 4.78 is 3.73. The van der Waals surface area contributed by atoms with Crippen molar-refractivity contribution in [3.63, 3.8) is 0 Å². The minimum Gasteiger partial charge on any atom is -0.280 e. The summed E-state index contributed by atoms with van der Waals surface area (Å²) in [5, 5.41) is 4.45. The molecule has 0 saturated carbocycles. The lowest BCUT2D eigenvalue weighted by molar-refractivity contribution is 0.732. The van der Waals surface area contributed by atoms with Crippen LogP contribution in [-0.4, -0.2) is 18.7 Å². The van der Waals surface area contributed by atoms with Gasteiger partial charge in [0.05, 0.1) is 5.69 Å². The lowest BCUT2D eigenvalue weighted by Crippen LogP contribution is -2.23. The number of nitrogens with zero attached hydrogens (tertiary/aromatic N) is 4. The number of aryl methyl sites for hydroxylation is 1. The molecule has 3 aromatic rings. The molecule has 0 aliphatic carbocycles. The lowest BCUT2D eigenvalue weighted by atomic mass is 10.3. The van der Waals surface area contributed by atoms with Crippen LogP contribution in [-0.2, 0) is 7.05 Å². The Morgan fingerprint density at radius 3 is 2.74 bits per heavy atom. The molecule has 3 rings (SSSR count). The minimum atomic E-state index is -0.373. The highest BCUT2D eigenvalue weighted by Crippen LogP contribution is 2.13. The van der Waals surface area contributed by atoms with Gasteiger partial charge < -0.3 is 0 Å². The van der Waals surface area contributed by atoms with Crippen LogP contribution >= 0.6 is 11.6 Å². The van der Waals surface area contributed by atoms with Crippen molar-refractivity contribution in [2.75, 3.05) is 0 Å². The van der Waals surface area contributed by atoms with Crippen molar-refractivity contribution in [1.29, 1.82) is 0 Å². The van der Waals surface area contributed by atoms with Crippen molar-refractivity contribution >= 4 is 17.2 Å². The zero-order valence-corrected chi connectivity index (χ0v) is 10.7. The molecule has 19 heavy (non-hydrogen) atoms. The number of fused-ring (bicyclic) bond motifs is 1. The monoisotopic (exact) mass is 276 g/mol. The van der Waals surface area contributed by atoms with Crippen LogP contribution < -0.4 is 11.2 Å². The number of halogens is 1. The molecule has 6 nitrogen and oxygen atoms in total. The number of rotatable bonds is 1. The zero-order valence-electron chi connectivity index (χ0n) is 9.95. The SMILES string of the molecule is Cn1nc2c(=O)n(-c3cccc(Cl)c3)ccn2c1=O. The van der Waals surface area contributed by atoms with Crippen molar-refractivity contribution in [3.05, 3.63) is 62.5 Å². The van der Waals surface area contributed by atoms with E-state index in [1.807, 2.05) is 0 Å². The lowest BCUT2D eigenvalue weighted by Gasteiger charge is -2.05. The summed E-state index contributed by atoms with van der Waals surface area (Å²) in [5.41, 5.74) is -0.0270. The Bertz CT molecular complexity index is 891. The molecule has 2 heterocycles. The Labute approximate surface area is 112 Å². The molecular formula is C12H9ClN4O2. The molecule has 0 aliphatic rings. The van der Waals surface area contributed by atoms with Gasteiger partial charge in [0.1, 0.15) is 0 Å². The van der Waals surface area contributed by atoms with Crippen molar-refractivity contribution in [2.45, 2.75) is 0 Å². The predicted octanol–water partition coefficient (Wildman–Crippen LogP) is 0.837. The number of hydrogen-bond acceptors (Lipinski definition) is 3. The van der Waals surface area contributed by atoms with Crippen LogP contribution in [0.25, 0.3) is 11.3 Å². The van der Waals surface area contributed by atoms with E-state index in [9.17, 15) is 9.59 Å². The van der Waals surface area contributed by atoms with Crippen molar-refractivity contribution in [3.8, 4) is 5.69 Å². The predicted molar refractivity (Wildman–Crippen MR) is 71.0 cm³/mol. The van der Waals surface area contributed by atoms with E-state index in [1.165, 1.54) is 28.4 Å². The first-order valence-electron chi connectivity index (χ1n) is 5.51. The molecule has 0 aliphatic heterocycles. The summed E-state index contributed by atoms with van der Waals surface area (Å²) >= 11 is 5.90. The van der Waals surface area contributed by atoms with E-state index in [1.54, 1.807) is 24.3 Å². The van der Waals surface area contributed by atoms with Crippen molar-refractivity contribution in [1.82, 2.24) is 18.7 Å². The largest absolute Gasteiger partial charge is 0.350 e. The topological polar surface area (TPSA) is 61.3 Å². The fourth-order valence-electron chi connectivity index (χ4n) is 1.90. The maximum Gasteiger partial charge on any atom is 0.350 e. The molecule has 0 bridgehead atoms. The van der Waals surface area contributed by atoms with Crippen molar-refractivity contribution in [2.24, 2.45) is 7.05 Å². The Morgan fingerprint density at radius 1 is 1.21 bits per heavy atom. The van der Waals surface area contributed by atoms with Crippen LogP contribution in [0, 0.1) is 0 Å². The molecule has 0 spiro atoms. The second kappa shape index (κ2) is 4.10. The molecule has 0 radical (unpaired) electrons. The quantitative estimate of drug-likeness (QED) is 0.662. The van der Waals surface area contributed by atoms with E-state index in [0.29, 0.717) is 10.7 Å². The van der Waals surface area contributed by atoms with Crippen LogP contribution in [0.15, 0.2) is 46.2 Å². The van der Waals surface area contributed by atoms with E-state index < -0.39 is 0 Å². The van der Waals surface area contributed by atoms with Gasteiger partial charge in [-0.2, -0.15) is 0 Å². The molecule has 96 valence electrons. The summed E-state index contributed by atoms with van der Waals surface area (Å²) in [7, 11) is 1.50. The number of aromatic nitrogens is 4. The molecule has 0 amide bonds. The minimum absolute atomic E-state index is 0.0787. The Balaban J connectivity index is 2.35. The van der Waals surface area contributed by atoms with Crippen LogP contribution in [0.3, 0.4) is 0 Å². The van der Waals surface area contributed by atoms with Crippen LogP contribution in [0.4, 0.5) is 0 Å². The summed E-state index contributed by atoms with van der Waals surface area (Å²) in [6.45, 7) is 0. The third kappa shape index (κ3) is 1.77. The fraction of sp³-hybridized carbons (Fsp3) is 0.0833. The molecule has 0 N–H and O–H groups in total. The van der Waals surface area contributed by atoms with Gasteiger partial charge in [-0.1, -0.05) is 17.7 Å². The van der Waals surface area contributed by atoms with Gasteiger partial charge in [0.25, 0.3) is 0 Å². The van der Waals surface area contributed by atoms with Gasteiger partial charge in [0.2, 0.25) is 5.65 Å². The molecule has 2 aromatic heterocycles. The maximum absolute atomic E-state index is 12.3. The molecular weight excluding hydrogens is 268 g/mol. The second-order valence-corrected chi connectivity index (χ2v) is 4.49. The van der Waals surface area contributed by atoms with E-state index in [2.05, 4.69) is 5.10 Å². The van der Waals surface area contributed by atoms with Gasteiger partial charge in [-0.3, -0.25) is 9.36 Å². The third-order valence-electron chi connectivity index (χ3n) is 2.82. The van der Waals surface area contributed by atoms with Gasteiger partial charge in [0.15, 0.2) is 0 Å². The van der Waals surface area contributed by atoms with Crippen LogP contribution in [0.2, 0.25) is 5.02 Å². The Morgan fingerprint density at radius 2 is 2.00 bits per heavy atom. The molecule has 0 unspecified atom stereocenters. The highest BCUT2D eigenvalue weighted by molar-refractivity contribution is 6.30. The first kappa shape index (κ1) is 11.7. The first-order chi connectivity index (χ1) is 9.08. The summed E-state index contributed by atoms with van der Waals surface area (Å²) in [6.07, 6.45) is 3.02. The Kier molecular flexibility index (Phi) is 2.53. The average Bonchev–Trinajstić information content (AvgIpc) is 2.67. The summed E-state index contributed by atoms with van der Waals surface area (Å²) in [6, 6.07) is 6.89. The van der Waals surface area contributed by atoms with E-state index in [-0.39, 0.29) is 16.9 Å². The Hall–Kier alpha value is -2.34. The van der Waals surface area contributed by atoms with Gasteiger partial charge in [-0.05, 0) is 18.2 Å². The molecule has 1 aromatic carbocycles. The van der Waals surface area contributed by atoms with Gasteiger partial charge in [0, 0.05) is 24.5 Å². The third-order valence-corrected chi connectivity index (χ3v) is 3.05. The van der Waals surface area contributed by atoms with Gasteiger partial charge >= 0.3 is 11.2 Å². The summed E-state index contributed by atoms with van der Waals surface area (Å²) in [4.78, 5) is 24.0. The summed E-state index contributed by atoms with van der Waals surface area (Å²) in [5.74, 6) is 0. The standard InChI is InChI=1S/C12H9ClN4O2/c1-15-12(19)17-6-5-16(11(18)10(17)14-15)9-4-2-3-8(13)7-9/h2-7H,1H3. The van der Waals surface area contributed by atoms with Gasteiger partial charge in [-0.25, -0.2) is 13.9 Å². The second-order valence-electron chi connectivity index (χ2n) is 4.05. The smallest absolute Gasteiger partial charge is 0.280 e. The van der Waals surface area contributed by atoms with Crippen molar-refractivity contribution < 1.29 is 0 Å². The number of hydrogen-bond donors (Lipinski definition) is 0. The van der Waals surface area contributed by atoms with Gasteiger partial charge in [-0.15, -0.1) is 5.10 Å². The van der Waals surface area contributed by atoms with E-state index in [0.717, 1.165) is 4.68 Å². The maximum atomic E-state index is 12.3. The van der Waals surface area contributed by atoms with E-state index in [4.69, 9.17) is 11.6 Å². The van der Waals surface area contributed by atoms with Crippen LogP contribution in [0.1, 0.15) is 0 Å². The molecule has 0 saturated heterocycles. The van der Waals surface area contributed by atoms with E-state index >= 15 is 0 Å².